The van der Waals surface area contributed by atoms with Crippen molar-refractivity contribution in [2.75, 3.05) is 0 Å². The Balaban J connectivity index is 2.05. The molecule has 2 heterocycles. The summed E-state index contributed by atoms with van der Waals surface area (Å²) in [5.41, 5.74) is 2.33. The van der Waals surface area contributed by atoms with E-state index in [1.165, 1.54) is 24.2 Å². The first-order valence-corrected chi connectivity index (χ1v) is 5.97. The molecule has 2 aromatic rings. The molecule has 1 atom stereocenters. The molecular formula is C14H16N2. The molecule has 82 valence electrons. The molecule has 3 rings (SSSR count). The molecule has 0 amide bonds. The highest BCUT2D eigenvalue weighted by Crippen LogP contribution is 2.28. The van der Waals surface area contributed by atoms with Crippen LogP contribution in [0.15, 0.2) is 36.5 Å². The zero-order valence-electron chi connectivity index (χ0n) is 9.56. The average molecular weight is 212 g/mol. The number of rotatable bonds is 1. The number of benzene rings is 1. The number of aryl methyl sites for hydroxylation is 1. The minimum atomic E-state index is 0.603. The van der Waals surface area contributed by atoms with E-state index in [4.69, 9.17) is 4.98 Å². The number of aromatic nitrogens is 2. The number of hydrogen-bond donors (Lipinski definition) is 0. The Bertz CT molecular complexity index is 485. The lowest BCUT2D eigenvalue weighted by atomic mass is 10.0. The summed E-state index contributed by atoms with van der Waals surface area (Å²) in [7, 11) is 0. The Labute approximate surface area is 95.9 Å². The van der Waals surface area contributed by atoms with E-state index in [-0.39, 0.29) is 0 Å². The van der Waals surface area contributed by atoms with E-state index in [2.05, 4.69) is 42.0 Å². The number of nitrogens with zero attached hydrogens (tertiary/aromatic N) is 2. The largest absolute Gasteiger partial charge is 0.334 e. The first-order valence-electron chi connectivity index (χ1n) is 5.97. The van der Waals surface area contributed by atoms with Crippen LogP contribution in [0.5, 0.6) is 0 Å². The summed E-state index contributed by atoms with van der Waals surface area (Å²) in [6.07, 6.45) is 4.74. The zero-order chi connectivity index (χ0) is 11.0. The molecular weight excluding hydrogens is 196 g/mol. The van der Waals surface area contributed by atoms with E-state index in [1.54, 1.807) is 0 Å². The van der Waals surface area contributed by atoms with Crippen molar-refractivity contribution >= 4 is 0 Å². The number of imidazole rings is 1. The van der Waals surface area contributed by atoms with Gasteiger partial charge in [0.05, 0.1) is 5.69 Å². The van der Waals surface area contributed by atoms with Gasteiger partial charge in [0.2, 0.25) is 0 Å². The molecule has 0 radical (unpaired) electrons. The van der Waals surface area contributed by atoms with Crippen LogP contribution < -0.4 is 0 Å². The van der Waals surface area contributed by atoms with Crippen molar-refractivity contribution in [1.29, 1.82) is 0 Å². The third-order valence-electron chi connectivity index (χ3n) is 3.35. The zero-order valence-corrected chi connectivity index (χ0v) is 9.56. The van der Waals surface area contributed by atoms with Crippen LogP contribution in [0.1, 0.15) is 31.5 Å². The number of hydrogen-bond acceptors (Lipinski definition) is 1. The van der Waals surface area contributed by atoms with Crippen LogP contribution in [-0.2, 0) is 6.54 Å². The molecule has 1 aliphatic heterocycles. The summed E-state index contributed by atoms with van der Waals surface area (Å²) in [5.74, 6) is 1.86. The van der Waals surface area contributed by atoms with Crippen LogP contribution in [0.3, 0.4) is 0 Å². The Morgan fingerprint density at radius 1 is 1.25 bits per heavy atom. The molecule has 0 saturated carbocycles. The van der Waals surface area contributed by atoms with Gasteiger partial charge in [0, 0.05) is 24.2 Å². The molecule has 1 aliphatic rings. The first kappa shape index (κ1) is 9.64. The lowest BCUT2D eigenvalue weighted by molar-refractivity contribution is 0.463. The van der Waals surface area contributed by atoms with Gasteiger partial charge in [0.25, 0.3) is 0 Å². The topological polar surface area (TPSA) is 17.8 Å². The van der Waals surface area contributed by atoms with E-state index in [1.807, 2.05) is 6.07 Å². The predicted octanol–water partition coefficient (Wildman–Crippen LogP) is 3.45. The first-order chi connectivity index (χ1) is 7.84. The van der Waals surface area contributed by atoms with Gasteiger partial charge in [0.1, 0.15) is 5.82 Å². The standard InChI is InChI=1S/C14H16N2/c1-11-6-5-9-16-10-13(15-14(11)16)12-7-3-2-4-8-12/h2-4,7-8,10-11H,5-6,9H2,1H3. The van der Waals surface area contributed by atoms with Gasteiger partial charge in [-0.1, -0.05) is 37.3 Å². The lowest BCUT2D eigenvalue weighted by Gasteiger charge is -2.19. The van der Waals surface area contributed by atoms with Gasteiger partial charge in [0.15, 0.2) is 0 Å². The van der Waals surface area contributed by atoms with Gasteiger partial charge < -0.3 is 4.57 Å². The van der Waals surface area contributed by atoms with E-state index in [0.717, 1.165) is 12.2 Å². The summed E-state index contributed by atoms with van der Waals surface area (Å²) in [6.45, 7) is 3.40. The van der Waals surface area contributed by atoms with Crippen molar-refractivity contribution < 1.29 is 0 Å². The fourth-order valence-electron chi connectivity index (χ4n) is 2.45. The van der Waals surface area contributed by atoms with Crippen LogP contribution in [0.2, 0.25) is 0 Å². The fourth-order valence-corrected chi connectivity index (χ4v) is 2.45. The Morgan fingerprint density at radius 2 is 2.06 bits per heavy atom. The van der Waals surface area contributed by atoms with Gasteiger partial charge in [-0.05, 0) is 12.8 Å². The molecule has 0 fully saturated rings. The van der Waals surface area contributed by atoms with Gasteiger partial charge >= 0.3 is 0 Å². The van der Waals surface area contributed by atoms with E-state index in [0.29, 0.717) is 5.92 Å². The van der Waals surface area contributed by atoms with E-state index < -0.39 is 0 Å². The molecule has 0 saturated heterocycles. The minimum Gasteiger partial charge on any atom is -0.334 e. The van der Waals surface area contributed by atoms with Crippen LogP contribution in [0.4, 0.5) is 0 Å². The van der Waals surface area contributed by atoms with Crippen LogP contribution in [0, 0.1) is 0 Å². The molecule has 1 aromatic heterocycles. The highest BCUT2D eigenvalue weighted by molar-refractivity contribution is 5.58. The van der Waals surface area contributed by atoms with Crippen LogP contribution in [-0.4, -0.2) is 9.55 Å². The highest BCUT2D eigenvalue weighted by Gasteiger charge is 2.19. The monoisotopic (exact) mass is 212 g/mol. The van der Waals surface area contributed by atoms with Gasteiger partial charge in [-0.2, -0.15) is 0 Å². The van der Waals surface area contributed by atoms with Crippen molar-refractivity contribution in [3.8, 4) is 11.3 Å². The van der Waals surface area contributed by atoms with Gasteiger partial charge in [-0.3, -0.25) is 0 Å². The molecule has 1 unspecified atom stereocenters. The van der Waals surface area contributed by atoms with Crippen molar-refractivity contribution in [3.63, 3.8) is 0 Å². The maximum Gasteiger partial charge on any atom is 0.112 e. The molecule has 0 N–H and O–H groups in total. The molecule has 0 bridgehead atoms. The normalized spacial score (nSPS) is 19.4. The third kappa shape index (κ3) is 1.54. The Morgan fingerprint density at radius 3 is 2.81 bits per heavy atom. The second-order valence-electron chi connectivity index (χ2n) is 4.59. The van der Waals surface area contributed by atoms with Crippen LogP contribution >= 0.6 is 0 Å². The maximum absolute atomic E-state index is 4.76. The van der Waals surface area contributed by atoms with Crippen molar-refractivity contribution in [1.82, 2.24) is 9.55 Å². The molecule has 16 heavy (non-hydrogen) atoms. The molecule has 2 heteroatoms. The third-order valence-corrected chi connectivity index (χ3v) is 3.35. The smallest absolute Gasteiger partial charge is 0.112 e. The lowest BCUT2D eigenvalue weighted by Crippen LogP contribution is -2.12. The quantitative estimate of drug-likeness (QED) is 0.708. The van der Waals surface area contributed by atoms with E-state index >= 15 is 0 Å². The second kappa shape index (κ2) is 3.78. The molecule has 0 aliphatic carbocycles. The predicted molar refractivity (Wildman–Crippen MR) is 65.3 cm³/mol. The minimum absolute atomic E-state index is 0.603. The van der Waals surface area contributed by atoms with Crippen molar-refractivity contribution in [2.24, 2.45) is 0 Å². The maximum atomic E-state index is 4.76. The van der Waals surface area contributed by atoms with Crippen LogP contribution in [0.25, 0.3) is 11.3 Å². The molecule has 2 nitrogen and oxygen atoms in total. The summed E-state index contributed by atoms with van der Waals surface area (Å²) < 4.78 is 2.32. The SMILES string of the molecule is CC1CCCn2cc(-c3ccccc3)nc21. The van der Waals surface area contributed by atoms with Crippen molar-refractivity contribution in [2.45, 2.75) is 32.2 Å². The number of fused-ring (bicyclic) bond motifs is 1. The van der Waals surface area contributed by atoms with E-state index in [9.17, 15) is 0 Å². The molecule has 1 aromatic carbocycles. The fraction of sp³-hybridized carbons (Fsp3) is 0.357. The summed E-state index contributed by atoms with van der Waals surface area (Å²) in [6, 6.07) is 10.4. The summed E-state index contributed by atoms with van der Waals surface area (Å²) >= 11 is 0. The van der Waals surface area contributed by atoms with Crippen molar-refractivity contribution in [3.05, 3.63) is 42.4 Å². The second-order valence-corrected chi connectivity index (χ2v) is 4.59. The summed E-state index contributed by atoms with van der Waals surface area (Å²) in [5, 5.41) is 0. The Kier molecular flexibility index (Phi) is 2.28. The molecule has 0 spiro atoms. The Hall–Kier alpha value is -1.57. The highest BCUT2D eigenvalue weighted by atomic mass is 15.1. The van der Waals surface area contributed by atoms with Gasteiger partial charge in [-0.25, -0.2) is 4.98 Å². The average Bonchev–Trinajstić information content (AvgIpc) is 2.76. The summed E-state index contributed by atoms with van der Waals surface area (Å²) in [4.78, 5) is 4.76. The van der Waals surface area contributed by atoms with Gasteiger partial charge in [-0.15, -0.1) is 0 Å².